The second-order valence-electron chi connectivity index (χ2n) is 10.7. The summed E-state index contributed by atoms with van der Waals surface area (Å²) < 4.78 is 1.11. The van der Waals surface area contributed by atoms with Crippen LogP contribution in [-0.2, 0) is 0 Å². The number of hydrogen-bond acceptors (Lipinski definition) is 10. The lowest BCUT2D eigenvalue weighted by Gasteiger charge is -2.40. The molecule has 11 heteroatoms. The number of benzene rings is 1. The zero-order chi connectivity index (χ0) is 28.2. The topological polar surface area (TPSA) is 99.6 Å². The van der Waals surface area contributed by atoms with Gasteiger partial charge in [0, 0.05) is 57.1 Å². The number of amides is 1. The van der Waals surface area contributed by atoms with Crippen LogP contribution in [0.25, 0.3) is 10.1 Å². The monoisotopic (exact) mass is 562 g/mol. The number of nitrogens with one attached hydrogen (secondary N) is 2. The van der Waals surface area contributed by atoms with Crippen molar-refractivity contribution in [3.63, 3.8) is 0 Å². The number of pyridine rings is 1. The minimum absolute atomic E-state index is 0.0189. The number of aromatic nitrogens is 1. The van der Waals surface area contributed by atoms with E-state index >= 15 is 0 Å². The van der Waals surface area contributed by atoms with Gasteiger partial charge in [-0.05, 0) is 56.6 Å². The summed E-state index contributed by atoms with van der Waals surface area (Å²) in [5, 5.41) is 16.8. The van der Waals surface area contributed by atoms with Crippen LogP contribution >= 0.6 is 11.3 Å². The average Bonchev–Trinajstić information content (AvgIpc) is 3.39. The molecule has 10 nitrogen and oxygen atoms in total. The van der Waals surface area contributed by atoms with Crippen LogP contribution in [0.2, 0.25) is 0 Å². The van der Waals surface area contributed by atoms with Gasteiger partial charge in [-0.2, -0.15) is 5.01 Å². The summed E-state index contributed by atoms with van der Waals surface area (Å²) in [4.78, 5) is 29.5. The van der Waals surface area contributed by atoms with Gasteiger partial charge >= 0.3 is 0 Å². The summed E-state index contributed by atoms with van der Waals surface area (Å²) in [5.41, 5.74) is 4.79. The van der Waals surface area contributed by atoms with Crippen molar-refractivity contribution >= 4 is 44.5 Å². The Morgan fingerprint density at radius 3 is 2.80 bits per heavy atom. The van der Waals surface area contributed by atoms with E-state index in [9.17, 15) is 9.90 Å². The van der Waals surface area contributed by atoms with E-state index in [4.69, 9.17) is 0 Å². The Hall–Kier alpha value is -3.51. The third kappa shape index (κ3) is 6.61. The first-order chi connectivity index (χ1) is 19.3. The lowest BCUT2D eigenvalue weighted by molar-refractivity contribution is 0.0308. The number of aliphatic imine (C=N–C) groups is 1. The molecule has 3 aromatic rings. The van der Waals surface area contributed by atoms with E-state index in [2.05, 4.69) is 49.5 Å². The molecule has 5 rings (SSSR count). The number of aliphatic hydroxyl groups is 1. The Balaban J connectivity index is 1.26. The normalized spacial score (nSPS) is 21.0. The summed E-state index contributed by atoms with van der Waals surface area (Å²) >= 11 is 1.52. The number of likely N-dealkylation sites (N-methyl/N-ethyl adjacent to an activating group) is 2. The molecule has 1 saturated heterocycles. The minimum Gasteiger partial charge on any atom is -0.372 e. The van der Waals surface area contributed by atoms with Crippen LogP contribution in [0.5, 0.6) is 0 Å². The lowest BCUT2D eigenvalue weighted by atomic mass is 10.1. The molecular formula is C29H38N8O2S. The Morgan fingerprint density at radius 2 is 2.05 bits per heavy atom. The highest BCUT2D eigenvalue weighted by molar-refractivity contribution is 7.20. The van der Waals surface area contributed by atoms with Crippen molar-refractivity contribution in [2.45, 2.75) is 25.1 Å². The zero-order valence-corrected chi connectivity index (χ0v) is 24.4. The maximum Gasteiger partial charge on any atom is 0.261 e. The predicted octanol–water partition coefficient (Wildman–Crippen LogP) is 2.87. The van der Waals surface area contributed by atoms with Crippen molar-refractivity contribution in [3.05, 3.63) is 65.4 Å². The first-order valence-corrected chi connectivity index (χ1v) is 14.4. The van der Waals surface area contributed by atoms with E-state index in [0.717, 1.165) is 58.9 Å². The van der Waals surface area contributed by atoms with Crippen molar-refractivity contribution in [1.29, 1.82) is 0 Å². The van der Waals surface area contributed by atoms with Gasteiger partial charge in [0.15, 0.2) is 12.0 Å². The van der Waals surface area contributed by atoms with E-state index in [-0.39, 0.29) is 11.9 Å². The summed E-state index contributed by atoms with van der Waals surface area (Å²) in [7, 11) is 7.94. The molecule has 0 saturated carbocycles. The summed E-state index contributed by atoms with van der Waals surface area (Å²) in [6.07, 6.45) is 4.63. The number of carbonyl (C=O) groups is 1. The fourth-order valence-electron chi connectivity index (χ4n) is 4.88. The molecule has 40 heavy (non-hydrogen) atoms. The fraction of sp³-hybridized carbons (Fsp3) is 0.414. The molecule has 2 aliphatic heterocycles. The molecule has 0 radical (unpaired) electrons. The van der Waals surface area contributed by atoms with Crippen LogP contribution < -0.4 is 15.6 Å². The van der Waals surface area contributed by atoms with Crippen LogP contribution in [0.4, 0.5) is 11.5 Å². The van der Waals surface area contributed by atoms with Crippen molar-refractivity contribution in [3.8, 4) is 0 Å². The molecule has 2 aromatic heterocycles. The van der Waals surface area contributed by atoms with E-state index in [0.29, 0.717) is 18.1 Å². The van der Waals surface area contributed by atoms with Crippen LogP contribution in [0.15, 0.2) is 65.6 Å². The molecule has 1 fully saturated rings. The van der Waals surface area contributed by atoms with Gasteiger partial charge in [-0.15, -0.1) is 11.3 Å². The number of piperidine rings is 1. The predicted molar refractivity (Wildman–Crippen MR) is 162 cm³/mol. The number of anilines is 1. The first-order valence-electron chi connectivity index (χ1n) is 13.6. The van der Waals surface area contributed by atoms with Gasteiger partial charge in [0.1, 0.15) is 5.82 Å². The number of nitrogens with zero attached hydrogens (tertiary/aromatic N) is 6. The molecule has 4 heterocycles. The quantitative estimate of drug-likeness (QED) is 0.386. The fourth-order valence-corrected chi connectivity index (χ4v) is 5.85. The molecule has 0 spiro atoms. The van der Waals surface area contributed by atoms with Gasteiger partial charge in [0.2, 0.25) is 0 Å². The largest absolute Gasteiger partial charge is 0.372 e. The standard InChI is InChI=1S/C29H38N8O2S/c1-34(2)14-15-35(3)22-11-12-26(30-18-22)32-23-17-27(33-36(4)29(23)39)37-13-7-9-21(19-37)31-28(38)25-16-20-8-5-6-10-24(20)40-25/h5-6,8,10-12,16-18,21,29,33,39H,7,9,13-15,19H2,1-4H3,(H,31,38). The van der Waals surface area contributed by atoms with Crippen molar-refractivity contribution in [2.24, 2.45) is 4.99 Å². The molecule has 2 aliphatic rings. The molecule has 1 aromatic carbocycles. The summed E-state index contributed by atoms with van der Waals surface area (Å²) in [6.45, 7) is 3.35. The second-order valence-corrected chi connectivity index (χ2v) is 11.8. The Bertz CT molecular complexity index is 1350. The maximum atomic E-state index is 13.0. The van der Waals surface area contributed by atoms with E-state index in [1.165, 1.54) is 11.3 Å². The molecule has 2 unspecified atom stereocenters. The Labute approximate surface area is 239 Å². The molecular weight excluding hydrogens is 524 g/mol. The SMILES string of the molecule is CN(C)CCN(C)c1ccc(N=C2C=C(N3CCCC(NC(=O)c4cc5ccccc5s4)C3)NN(C)C2O)nc1. The molecule has 212 valence electrons. The highest BCUT2D eigenvalue weighted by Crippen LogP contribution is 2.26. The van der Waals surface area contributed by atoms with Crippen LogP contribution in [0.1, 0.15) is 22.5 Å². The van der Waals surface area contributed by atoms with E-state index in [1.54, 1.807) is 12.1 Å². The maximum absolute atomic E-state index is 13.0. The van der Waals surface area contributed by atoms with Crippen LogP contribution in [0, 0.1) is 0 Å². The Kier molecular flexibility index (Phi) is 8.65. The second kappa shape index (κ2) is 12.3. The first kappa shape index (κ1) is 28.0. The van der Waals surface area contributed by atoms with E-state index < -0.39 is 6.23 Å². The number of likely N-dealkylation sites (tertiary alicyclic amines) is 1. The van der Waals surface area contributed by atoms with Gasteiger partial charge in [-0.3, -0.25) is 4.79 Å². The van der Waals surface area contributed by atoms with Gasteiger partial charge < -0.3 is 30.5 Å². The minimum atomic E-state index is -0.916. The van der Waals surface area contributed by atoms with Crippen LogP contribution in [-0.4, -0.2) is 103 Å². The number of hydrogen-bond donors (Lipinski definition) is 3. The number of hydrazine groups is 1. The third-order valence-electron chi connectivity index (χ3n) is 7.25. The number of carbonyl (C=O) groups excluding carboxylic acids is 1. The highest BCUT2D eigenvalue weighted by Gasteiger charge is 2.29. The van der Waals surface area contributed by atoms with Gasteiger partial charge in [0.25, 0.3) is 5.91 Å². The number of rotatable bonds is 8. The lowest BCUT2D eigenvalue weighted by Crippen LogP contribution is -2.56. The smallest absolute Gasteiger partial charge is 0.261 e. The molecule has 0 aliphatic carbocycles. The van der Waals surface area contributed by atoms with E-state index in [1.807, 2.05) is 61.8 Å². The molecule has 0 bridgehead atoms. The van der Waals surface area contributed by atoms with Crippen LogP contribution in [0.3, 0.4) is 0 Å². The molecule has 2 atom stereocenters. The molecule has 1 amide bonds. The van der Waals surface area contributed by atoms with Gasteiger partial charge in [-0.25, -0.2) is 9.98 Å². The number of aliphatic hydroxyl groups excluding tert-OH is 1. The third-order valence-corrected chi connectivity index (χ3v) is 8.37. The number of fused-ring (bicyclic) bond motifs is 1. The Morgan fingerprint density at radius 1 is 1.23 bits per heavy atom. The van der Waals surface area contributed by atoms with Gasteiger partial charge in [-0.1, -0.05) is 18.2 Å². The summed E-state index contributed by atoms with van der Waals surface area (Å²) in [6, 6.07) is 13.9. The van der Waals surface area contributed by atoms with Gasteiger partial charge in [0.05, 0.1) is 22.5 Å². The average molecular weight is 563 g/mol. The highest BCUT2D eigenvalue weighted by atomic mass is 32.1. The zero-order valence-electron chi connectivity index (χ0n) is 23.5. The van der Waals surface area contributed by atoms with Crippen molar-refractivity contribution in [2.75, 3.05) is 59.3 Å². The van der Waals surface area contributed by atoms with Crippen molar-refractivity contribution in [1.82, 2.24) is 30.5 Å². The summed E-state index contributed by atoms with van der Waals surface area (Å²) in [5.74, 6) is 1.35. The van der Waals surface area contributed by atoms with Crippen molar-refractivity contribution < 1.29 is 9.90 Å². The molecule has 3 N–H and O–H groups in total. The number of thiophene rings is 1.